The number of anilines is 1. The SMILES string of the molecule is CCc1nsc(N2CCc3ccccc3C2C)n1. The molecule has 2 heterocycles. The summed E-state index contributed by atoms with van der Waals surface area (Å²) in [5.41, 5.74) is 2.90. The Labute approximate surface area is 112 Å². The van der Waals surface area contributed by atoms with E-state index in [1.165, 1.54) is 22.7 Å². The van der Waals surface area contributed by atoms with Gasteiger partial charge in [0.05, 0.1) is 6.04 Å². The summed E-state index contributed by atoms with van der Waals surface area (Å²) >= 11 is 1.52. The summed E-state index contributed by atoms with van der Waals surface area (Å²) in [6.45, 7) is 5.39. The van der Waals surface area contributed by atoms with Gasteiger partial charge in [0, 0.05) is 24.5 Å². The van der Waals surface area contributed by atoms with Crippen LogP contribution >= 0.6 is 11.5 Å². The number of aromatic nitrogens is 2. The number of nitrogens with zero attached hydrogens (tertiary/aromatic N) is 3. The van der Waals surface area contributed by atoms with E-state index in [1.807, 2.05) is 0 Å². The van der Waals surface area contributed by atoms with Crippen LogP contribution in [0.2, 0.25) is 0 Å². The van der Waals surface area contributed by atoms with Gasteiger partial charge >= 0.3 is 0 Å². The van der Waals surface area contributed by atoms with Crippen LogP contribution in [0, 0.1) is 0 Å². The highest BCUT2D eigenvalue weighted by Crippen LogP contribution is 2.33. The molecule has 94 valence electrons. The first-order valence-electron chi connectivity index (χ1n) is 6.46. The lowest BCUT2D eigenvalue weighted by Gasteiger charge is -2.34. The van der Waals surface area contributed by atoms with Crippen LogP contribution in [0.25, 0.3) is 0 Å². The molecule has 0 amide bonds. The Morgan fingerprint density at radius 1 is 1.39 bits per heavy atom. The summed E-state index contributed by atoms with van der Waals surface area (Å²) in [5, 5.41) is 1.06. The second-order valence-corrected chi connectivity index (χ2v) is 5.40. The fourth-order valence-electron chi connectivity index (χ4n) is 2.54. The minimum absolute atomic E-state index is 0.396. The zero-order chi connectivity index (χ0) is 12.5. The molecular formula is C14H17N3S. The topological polar surface area (TPSA) is 29.0 Å². The van der Waals surface area contributed by atoms with E-state index in [1.54, 1.807) is 0 Å². The largest absolute Gasteiger partial charge is 0.340 e. The Morgan fingerprint density at radius 3 is 3.00 bits per heavy atom. The zero-order valence-corrected chi connectivity index (χ0v) is 11.6. The third-order valence-corrected chi connectivity index (χ3v) is 4.41. The van der Waals surface area contributed by atoms with Crippen molar-refractivity contribution < 1.29 is 0 Å². The van der Waals surface area contributed by atoms with Crippen molar-refractivity contribution in [3.8, 4) is 0 Å². The highest BCUT2D eigenvalue weighted by molar-refractivity contribution is 7.09. The molecule has 4 heteroatoms. The summed E-state index contributed by atoms with van der Waals surface area (Å²) in [6.07, 6.45) is 2.01. The Balaban J connectivity index is 1.92. The summed E-state index contributed by atoms with van der Waals surface area (Å²) in [4.78, 5) is 6.98. The van der Waals surface area contributed by atoms with Crippen molar-refractivity contribution in [3.63, 3.8) is 0 Å². The lowest BCUT2D eigenvalue weighted by molar-refractivity contribution is 0.622. The highest BCUT2D eigenvalue weighted by atomic mass is 32.1. The second kappa shape index (κ2) is 4.69. The first-order valence-corrected chi connectivity index (χ1v) is 7.24. The molecule has 1 aliphatic rings. The first kappa shape index (κ1) is 11.7. The molecule has 1 aromatic carbocycles. The standard InChI is InChI=1S/C14H17N3S/c1-3-13-15-14(18-16-13)17-9-8-11-6-4-5-7-12(11)10(17)2/h4-7,10H,3,8-9H2,1-2H3. The van der Waals surface area contributed by atoms with Crippen LogP contribution in [0.5, 0.6) is 0 Å². The van der Waals surface area contributed by atoms with Crippen molar-refractivity contribution in [1.82, 2.24) is 9.36 Å². The summed E-state index contributed by atoms with van der Waals surface area (Å²) in [6, 6.07) is 9.11. The number of benzene rings is 1. The molecule has 1 atom stereocenters. The first-order chi connectivity index (χ1) is 8.79. The summed E-state index contributed by atoms with van der Waals surface area (Å²) < 4.78 is 4.39. The number of aryl methyl sites for hydroxylation is 1. The van der Waals surface area contributed by atoms with Gasteiger partial charge in [0.1, 0.15) is 5.82 Å². The summed E-state index contributed by atoms with van der Waals surface area (Å²) in [5.74, 6) is 0.959. The van der Waals surface area contributed by atoms with Gasteiger partial charge in [0.2, 0.25) is 5.13 Å². The minimum Gasteiger partial charge on any atom is -0.340 e. The molecule has 1 aromatic heterocycles. The molecule has 18 heavy (non-hydrogen) atoms. The average molecular weight is 259 g/mol. The molecule has 2 aromatic rings. The minimum atomic E-state index is 0.396. The Bertz CT molecular complexity index is 549. The van der Waals surface area contributed by atoms with E-state index in [0.717, 1.165) is 30.3 Å². The molecule has 1 aliphatic heterocycles. The molecule has 3 rings (SSSR count). The zero-order valence-electron chi connectivity index (χ0n) is 10.8. The molecule has 0 radical (unpaired) electrons. The van der Waals surface area contributed by atoms with Crippen molar-refractivity contribution in [2.24, 2.45) is 0 Å². The van der Waals surface area contributed by atoms with Crippen molar-refractivity contribution in [3.05, 3.63) is 41.2 Å². The average Bonchev–Trinajstić information content (AvgIpc) is 2.88. The molecule has 0 saturated carbocycles. The van der Waals surface area contributed by atoms with Gasteiger partial charge in [-0.1, -0.05) is 31.2 Å². The fourth-order valence-corrected chi connectivity index (χ4v) is 3.40. The van der Waals surface area contributed by atoms with Gasteiger partial charge in [-0.3, -0.25) is 0 Å². The monoisotopic (exact) mass is 259 g/mol. The highest BCUT2D eigenvalue weighted by Gasteiger charge is 2.25. The van der Waals surface area contributed by atoms with E-state index in [4.69, 9.17) is 0 Å². The molecule has 0 N–H and O–H groups in total. The number of rotatable bonds is 2. The van der Waals surface area contributed by atoms with Gasteiger partial charge in [-0.25, -0.2) is 4.98 Å². The molecule has 0 saturated heterocycles. The molecule has 0 spiro atoms. The van der Waals surface area contributed by atoms with E-state index < -0.39 is 0 Å². The van der Waals surface area contributed by atoms with Crippen LogP contribution in [0.4, 0.5) is 5.13 Å². The van der Waals surface area contributed by atoms with Crippen LogP contribution in [-0.2, 0) is 12.8 Å². The lowest BCUT2D eigenvalue weighted by atomic mass is 9.94. The number of hydrogen-bond acceptors (Lipinski definition) is 4. The van der Waals surface area contributed by atoms with E-state index in [-0.39, 0.29) is 0 Å². The maximum atomic E-state index is 4.61. The maximum Gasteiger partial charge on any atom is 0.205 e. The van der Waals surface area contributed by atoms with E-state index in [0.29, 0.717) is 6.04 Å². The third-order valence-electron chi connectivity index (χ3n) is 3.61. The molecule has 1 unspecified atom stereocenters. The Morgan fingerprint density at radius 2 is 2.22 bits per heavy atom. The van der Waals surface area contributed by atoms with Crippen molar-refractivity contribution >= 4 is 16.7 Å². The fraction of sp³-hybridized carbons (Fsp3) is 0.429. The Kier molecular flexibility index (Phi) is 3.04. The smallest absolute Gasteiger partial charge is 0.205 e. The van der Waals surface area contributed by atoms with E-state index in [9.17, 15) is 0 Å². The Hall–Kier alpha value is -1.42. The molecular weight excluding hydrogens is 242 g/mol. The normalized spacial score (nSPS) is 18.8. The van der Waals surface area contributed by atoms with Crippen molar-refractivity contribution in [2.45, 2.75) is 32.7 Å². The van der Waals surface area contributed by atoms with Crippen LogP contribution in [0.15, 0.2) is 24.3 Å². The van der Waals surface area contributed by atoms with Gasteiger partial charge in [-0.15, -0.1) is 0 Å². The summed E-state index contributed by atoms with van der Waals surface area (Å²) in [7, 11) is 0. The van der Waals surface area contributed by atoms with Gasteiger partial charge in [-0.2, -0.15) is 4.37 Å². The van der Waals surface area contributed by atoms with Gasteiger partial charge in [0.15, 0.2) is 0 Å². The number of fused-ring (bicyclic) bond motifs is 1. The third kappa shape index (κ3) is 1.90. The molecule has 0 aliphatic carbocycles. The van der Waals surface area contributed by atoms with Crippen molar-refractivity contribution in [1.29, 1.82) is 0 Å². The lowest BCUT2D eigenvalue weighted by Crippen LogP contribution is -2.33. The quantitative estimate of drug-likeness (QED) is 0.829. The van der Waals surface area contributed by atoms with Gasteiger partial charge < -0.3 is 4.90 Å². The molecule has 0 fully saturated rings. The second-order valence-electron chi connectivity index (χ2n) is 4.66. The van der Waals surface area contributed by atoms with Crippen LogP contribution in [0.3, 0.4) is 0 Å². The van der Waals surface area contributed by atoms with E-state index >= 15 is 0 Å². The van der Waals surface area contributed by atoms with Crippen molar-refractivity contribution in [2.75, 3.05) is 11.4 Å². The molecule has 0 bridgehead atoms. The van der Waals surface area contributed by atoms with Gasteiger partial charge in [0.25, 0.3) is 0 Å². The van der Waals surface area contributed by atoms with Crippen LogP contribution < -0.4 is 4.90 Å². The number of hydrogen-bond donors (Lipinski definition) is 0. The van der Waals surface area contributed by atoms with Crippen LogP contribution in [0.1, 0.15) is 36.8 Å². The molecule has 3 nitrogen and oxygen atoms in total. The predicted molar refractivity (Wildman–Crippen MR) is 75.2 cm³/mol. The predicted octanol–water partition coefficient (Wildman–Crippen LogP) is 3.22. The van der Waals surface area contributed by atoms with Crippen LogP contribution in [-0.4, -0.2) is 15.9 Å². The van der Waals surface area contributed by atoms with Gasteiger partial charge in [-0.05, 0) is 24.5 Å². The maximum absolute atomic E-state index is 4.61. The van der Waals surface area contributed by atoms with E-state index in [2.05, 4.69) is 52.4 Å².